The van der Waals surface area contributed by atoms with Crippen molar-refractivity contribution in [3.8, 4) is 17.3 Å². The van der Waals surface area contributed by atoms with Gasteiger partial charge >= 0.3 is 0 Å². The molecule has 4 aromatic rings. The molecule has 1 N–H and O–H groups in total. The molecular weight excluding hydrogens is 619 g/mol. The first kappa shape index (κ1) is 30.4. The SMILES string of the molecule is COCc1c(F)cnc([C@@]2([C@H](CC#N)n3cc(-c4ncnc5c4ccn5COCC[Si](C)(C)C)cn3)CCNC2)c1Br. The molecule has 13 heteroatoms. The first-order valence-corrected chi connectivity index (χ1v) is 18.5. The lowest BCUT2D eigenvalue weighted by atomic mass is 9.74. The summed E-state index contributed by atoms with van der Waals surface area (Å²) in [6, 6.07) is 5.09. The molecule has 0 bridgehead atoms. The van der Waals surface area contributed by atoms with Crippen molar-refractivity contribution in [2.24, 2.45) is 0 Å². The maximum absolute atomic E-state index is 14.7. The number of hydrogen-bond donors (Lipinski definition) is 1. The summed E-state index contributed by atoms with van der Waals surface area (Å²) in [5.41, 5.74) is 2.85. The van der Waals surface area contributed by atoms with Gasteiger partial charge in [0.25, 0.3) is 0 Å². The quantitative estimate of drug-likeness (QED) is 0.159. The van der Waals surface area contributed by atoms with Crippen LogP contribution in [0, 0.1) is 17.1 Å². The third-order valence-corrected chi connectivity index (χ3v) is 10.5. The van der Waals surface area contributed by atoms with Crippen LogP contribution in [0.15, 0.2) is 41.7 Å². The minimum Gasteiger partial charge on any atom is -0.380 e. The molecule has 0 radical (unpaired) electrons. The number of methoxy groups -OCH3 is 1. The summed E-state index contributed by atoms with van der Waals surface area (Å²) in [5.74, 6) is -0.437. The minimum atomic E-state index is -1.17. The number of nitriles is 1. The molecule has 0 saturated carbocycles. The van der Waals surface area contributed by atoms with Crippen LogP contribution >= 0.6 is 15.9 Å². The van der Waals surface area contributed by atoms with Crippen molar-refractivity contribution in [1.82, 2.24) is 34.6 Å². The Labute approximate surface area is 254 Å². The van der Waals surface area contributed by atoms with Gasteiger partial charge in [-0.15, -0.1) is 0 Å². The molecule has 0 aromatic carbocycles. The fraction of sp³-hybridized carbons (Fsp3) is 0.483. The molecule has 1 aliphatic heterocycles. The Morgan fingerprint density at radius 2 is 2.10 bits per heavy atom. The smallest absolute Gasteiger partial charge is 0.148 e. The summed E-state index contributed by atoms with van der Waals surface area (Å²) in [7, 11) is 0.359. The van der Waals surface area contributed by atoms with E-state index in [2.05, 4.69) is 61.9 Å². The molecule has 10 nitrogen and oxygen atoms in total. The fourth-order valence-corrected chi connectivity index (χ4v) is 7.18. The highest BCUT2D eigenvalue weighted by Crippen LogP contribution is 2.45. The predicted molar refractivity (Wildman–Crippen MR) is 164 cm³/mol. The highest BCUT2D eigenvalue weighted by molar-refractivity contribution is 9.10. The normalized spacial score (nSPS) is 18.0. The van der Waals surface area contributed by atoms with E-state index in [1.807, 2.05) is 27.7 Å². The molecule has 222 valence electrons. The second-order valence-corrected chi connectivity index (χ2v) is 18.4. The third-order valence-electron chi connectivity index (χ3n) is 7.92. The van der Waals surface area contributed by atoms with Gasteiger partial charge in [-0.1, -0.05) is 19.6 Å². The molecule has 2 atom stereocenters. The van der Waals surface area contributed by atoms with Crippen molar-refractivity contribution in [2.75, 3.05) is 26.8 Å². The summed E-state index contributed by atoms with van der Waals surface area (Å²) in [6.45, 7) is 9.56. The number of hydrogen-bond acceptors (Lipinski definition) is 8. The van der Waals surface area contributed by atoms with Gasteiger partial charge in [-0.2, -0.15) is 10.4 Å². The van der Waals surface area contributed by atoms with Crippen LogP contribution in [-0.4, -0.2) is 64.2 Å². The van der Waals surface area contributed by atoms with E-state index in [1.165, 1.54) is 13.3 Å². The molecule has 1 aliphatic rings. The topological polar surface area (TPSA) is 116 Å². The molecule has 0 spiro atoms. The van der Waals surface area contributed by atoms with E-state index >= 15 is 0 Å². The highest BCUT2D eigenvalue weighted by Gasteiger charge is 2.47. The average Bonchev–Trinajstić information content (AvgIpc) is 3.72. The van der Waals surface area contributed by atoms with Crippen molar-refractivity contribution >= 4 is 35.0 Å². The largest absolute Gasteiger partial charge is 0.380 e. The number of ether oxygens (including phenoxy) is 2. The Kier molecular flexibility index (Phi) is 9.19. The lowest BCUT2D eigenvalue weighted by Crippen LogP contribution is -2.40. The molecule has 0 amide bonds. The molecule has 42 heavy (non-hydrogen) atoms. The molecule has 1 saturated heterocycles. The Bertz CT molecular complexity index is 1590. The molecule has 1 fully saturated rings. The molecule has 0 unspecified atom stereocenters. The standard InChI is InChI=1S/C29H36BrFN8O2Si/c1-40-16-22-23(31)14-34-27(25(22)30)29(7-9-33-17-29)24(5-8-32)39-15-20(13-37-39)26-21-6-10-38(28(21)36-18-35-26)19-41-11-12-42(2,3)4/h6,10,13-15,18,24,33H,5,7,9,11-12,16-17,19H2,1-4H3/t24-,29-/m0/s1. The Morgan fingerprint density at radius 1 is 1.26 bits per heavy atom. The third kappa shape index (κ3) is 6.05. The zero-order valence-corrected chi connectivity index (χ0v) is 27.0. The summed E-state index contributed by atoms with van der Waals surface area (Å²) >= 11 is 3.62. The maximum Gasteiger partial charge on any atom is 0.148 e. The Balaban J connectivity index is 1.48. The van der Waals surface area contributed by atoms with Crippen molar-refractivity contribution in [3.63, 3.8) is 0 Å². The van der Waals surface area contributed by atoms with E-state index in [0.717, 1.165) is 41.5 Å². The summed E-state index contributed by atoms with van der Waals surface area (Å²) in [4.78, 5) is 13.7. The Hall–Kier alpha value is -3.02. The number of nitrogens with zero attached hydrogens (tertiary/aromatic N) is 7. The zero-order valence-electron chi connectivity index (χ0n) is 24.4. The lowest BCUT2D eigenvalue weighted by Gasteiger charge is -2.36. The summed E-state index contributed by atoms with van der Waals surface area (Å²) < 4.78 is 30.3. The predicted octanol–water partition coefficient (Wildman–Crippen LogP) is 5.44. The first-order chi connectivity index (χ1) is 20.2. The van der Waals surface area contributed by atoms with E-state index in [0.29, 0.717) is 35.4 Å². The van der Waals surface area contributed by atoms with Crippen LogP contribution in [0.4, 0.5) is 4.39 Å². The van der Waals surface area contributed by atoms with Crippen molar-refractivity contribution in [2.45, 2.75) is 63.3 Å². The number of fused-ring (bicyclic) bond motifs is 1. The van der Waals surface area contributed by atoms with Crippen LogP contribution in [0.5, 0.6) is 0 Å². The number of aromatic nitrogens is 6. The second kappa shape index (κ2) is 12.7. The average molecular weight is 656 g/mol. The zero-order chi connectivity index (χ0) is 29.9. The van der Waals surface area contributed by atoms with E-state index < -0.39 is 19.3 Å². The number of rotatable bonds is 12. The van der Waals surface area contributed by atoms with Crippen molar-refractivity contribution in [1.29, 1.82) is 5.26 Å². The second-order valence-electron chi connectivity index (χ2n) is 11.9. The van der Waals surface area contributed by atoms with Gasteiger partial charge in [0.1, 0.15) is 24.5 Å². The maximum atomic E-state index is 14.7. The molecular formula is C29H36BrFN8O2Si. The van der Waals surface area contributed by atoms with Gasteiger partial charge in [-0.25, -0.2) is 14.4 Å². The van der Waals surface area contributed by atoms with E-state index in [1.54, 1.807) is 12.5 Å². The summed E-state index contributed by atoms with van der Waals surface area (Å²) in [5, 5.41) is 19.0. The van der Waals surface area contributed by atoms with Gasteiger partial charge in [0, 0.05) is 61.7 Å². The number of pyridine rings is 1. The number of nitrogens with one attached hydrogen (secondary N) is 1. The Morgan fingerprint density at radius 3 is 2.81 bits per heavy atom. The van der Waals surface area contributed by atoms with E-state index in [-0.39, 0.29) is 19.1 Å². The van der Waals surface area contributed by atoms with Crippen LogP contribution in [0.2, 0.25) is 25.7 Å². The van der Waals surface area contributed by atoms with Crippen LogP contribution in [0.25, 0.3) is 22.3 Å². The van der Waals surface area contributed by atoms with Crippen LogP contribution in [0.3, 0.4) is 0 Å². The molecule has 4 aromatic heterocycles. The summed E-state index contributed by atoms with van der Waals surface area (Å²) in [6.07, 6.45) is 9.36. The molecule has 5 heterocycles. The van der Waals surface area contributed by atoms with Gasteiger partial charge < -0.3 is 19.4 Å². The van der Waals surface area contributed by atoms with Crippen molar-refractivity contribution in [3.05, 3.63) is 58.7 Å². The number of halogens is 2. The molecule has 0 aliphatic carbocycles. The molecule has 5 rings (SSSR count). The van der Waals surface area contributed by atoms with Crippen LogP contribution in [0.1, 0.15) is 30.1 Å². The first-order valence-electron chi connectivity index (χ1n) is 14.0. The lowest BCUT2D eigenvalue weighted by molar-refractivity contribution is 0.0899. The van der Waals surface area contributed by atoms with Gasteiger partial charge in [0.2, 0.25) is 0 Å². The van der Waals surface area contributed by atoms with Crippen LogP contribution in [-0.2, 0) is 28.2 Å². The monoisotopic (exact) mass is 654 g/mol. The highest BCUT2D eigenvalue weighted by atomic mass is 79.9. The van der Waals surface area contributed by atoms with Crippen LogP contribution < -0.4 is 5.32 Å². The fourth-order valence-electron chi connectivity index (χ4n) is 5.62. The van der Waals surface area contributed by atoms with Gasteiger partial charge in [0.05, 0.1) is 54.3 Å². The van der Waals surface area contributed by atoms with Crippen molar-refractivity contribution < 1.29 is 13.9 Å². The van der Waals surface area contributed by atoms with Gasteiger partial charge in [-0.3, -0.25) is 9.67 Å². The minimum absolute atomic E-state index is 0.104. The van der Waals surface area contributed by atoms with E-state index in [9.17, 15) is 9.65 Å². The van der Waals surface area contributed by atoms with Gasteiger partial charge in [-0.05, 0) is 41.0 Å². The van der Waals surface area contributed by atoms with E-state index in [4.69, 9.17) is 14.6 Å². The van der Waals surface area contributed by atoms with Gasteiger partial charge in [0.15, 0.2) is 0 Å².